The van der Waals surface area contributed by atoms with Crippen LogP contribution in [0.4, 0.5) is 0 Å². The van der Waals surface area contributed by atoms with Gasteiger partial charge in [-0.25, -0.2) is 4.57 Å². The molecule has 9 nitrogen and oxygen atoms in total. The number of nitrogens with zero attached hydrogens (tertiary/aromatic N) is 1. The van der Waals surface area contributed by atoms with Gasteiger partial charge in [-0.1, -0.05) is 228 Å². The van der Waals surface area contributed by atoms with E-state index in [1.807, 2.05) is 33.3 Å². The first-order valence-electron chi connectivity index (χ1n) is 30.4. The van der Waals surface area contributed by atoms with Gasteiger partial charge in [0.05, 0.1) is 33.8 Å². The van der Waals surface area contributed by atoms with E-state index in [0.717, 1.165) is 109 Å². The van der Waals surface area contributed by atoms with Gasteiger partial charge in [0, 0.05) is 12.8 Å². The van der Waals surface area contributed by atoms with Crippen molar-refractivity contribution in [1.29, 1.82) is 0 Å². The normalized spacial score (nSPS) is 14.3. The number of hydrogen-bond donors (Lipinski definition) is 2. The van der Waals surface area contributed by atoms with Gasteiger partial charge in [0.2, 0.25) is 5.91 Å². The molecule has 0 radical (unpaired) electrons. The second-order valence-electron chi connectivity index (χ2n) is 21.5. The topological polar surface area (TPSA) is 111 Å². The van der Waals surface area contributed by atoms with Crippen molar-refractivity contribution in [3.63, 3.8) is 0 Å². The molecule has 3 atom stereocenters. The number of nitrogens with one attached hydrogen (secondary N) is 1. The number of likely N-dealkylation sites (N-methyl/N-ethyl adjacent to an activating group) is 1. The van der Waals surface area contributed by atoms with Crippen LogP contribution in [-0.2, 0) is 27.9 Å². The maximum absolute atomic E-state index is 13.5. The van der Waals surface area contributed by atoms with Gasteiger partial charge in [0.25, 0.3) is 0 Å². The fraction of sp³-hybridized carbons (Fsp3) is 0.750. The molecule has 0 rings (SSSR count). The molecule has 10 heteroatoms. The predicted molar refractivity (Wildman–Crippen MR) is 318 cm³/mol. The summed E-state index contributed by atoms with van der Waals surface area (Å²) in [6, 6.07) is -0.865. The van der Waals surface area contributed by atoms with Gasteiger partial charge < -0.3 is 19.4 Å². The summed E-state index contributed by atoms with van der Waals surface area (Å²) in [6.45, 7) is 6.85. The molecule has 0 aromatic carbocycles. The molecule has 3 unspecified atom stereocenters. The third kappa shape index (κ3) is 54.0. The maximum Gasteiger partial charge on any atom is 0.472 e. The van der Waals surface area contributed by atoms with Crippen molar-refractivity contribution in [1.82, 2.24) is 5.32 Å². The number of phosphoric ester groups is 1. The zero-order valence-corrected chi connectivity index (χ0v) is 49.7. The summed E-state index contributed by atoms with van der Waals surface area (Å²) in [7, 11) is 1.47. The lowest BCUT2D eigenvalue weighted by Gasteiger charge is -2.27. The molecule has 0 saturated heterocycles. The van der Waals surface area contributed by atoms with Crippen molar-refractivity contribution in [3.05, 3.63) is 85.1 Å². The molecular weight excluding hydrogens is 940 g/mol. The molecular formula is C64H116N2O7P+. The van der Waals surface area contributed by atoms with E-state index < -0.39 is 20.0 Å². The molecule has 0 aromatic heterocycles. The summed E-state index contributed by atoms with van der Waals surface area (Å²) < 4.78 is 30.7. The van der Waals surface area contributed by atoms with Crippen LogP contribution in [0.2, 0.25) is 0 Å². The molecule has 0 aromatic rings. The molecule has 0 saturated carbocycles. The monoisotopic (exact) mass is 1060 g/mol. The summed E-state index contributed by atoms with van der Waals surface area (Å²) in [5.41, 5.74) is 0. The SMILES string of the molecule is CC/C=C/C/C=C/C/C=C/CCCCCCC(=O)OC(/C=C\CCCCCCCCCCCCC)C(COP(=O)(O)OCC[N+](C)(C)C)NC(=O)CCCCCCCCCC/C=C\C/C=C\C/C=C\CCCCC. The molecule has 0 aliphatic heterocycles. The minimum atomic E-state index is -4.46. The number of carbonyl (C=O) groups excluding carboxylic acids is 2. The highest BCUT2D eigenvalue weighted by Crippen LogP contribution is 2.43. The highest BCUT2D eigenvalue weighted by molar-refractivity contribution is 7.47. The number of allylic oxidation sites excluding steroid dienone is 13. The van der Waals surface area contributed by atoms with E-state index in [1.54, 1.807) is 0 Å². The van der Waals surface area contributed by atoms with E-state index in [1.165, 1.54) is 109 Å². The third-order valence-electron chi connectivity index (χ3n) is 13.1. The van der Waals surface area contributed by atoms with E-state index >= 15 is 0 Å². The van der Waals surface area contributed by atoms with Gasteiger partial charge in [-0.15, -0.1) is 0 Å². The first-order valence-corrected chi connectivity index (χ1v) is 31.9. The van der Waals surface area contributed by atoms with E-state index in [2.05, 4.69) is 99.0 Å². The van der Waals surface area contributed by atoms with Gasteiger partial charge in [0.15, 0.2) is 0 Å². The lowest BCUT2D eigenvalue weighted by atomic mass is 10.0. The average molecular weight is 1060 g/mol. The van der Waals surface area contributed by atoms with Crippen molar-refractivity contribution in [2.75, 3.05) is 40.9 Å². The largest absolute Gasteiger partial charge is 0.472 e. The number of esters is 1. The van der Waals surface area contributed by atoms with Crippen molar-refractivity contribution in [2.24, 2.45) is 0 Å². The van der Waals surface area contributed by atoms with E-state index in [-0.39, 0.29) is 31.5 Å². The lowest BCUT2D eigenvalue weighted by Crippen LogP contribution is -2.47. The van der Waals surface area contributed by atoms with Crippen molar-refractivity contribution in [3.8, 4) is 0 Å². The third-order valence-corrected chi connectivity index (χ3v) is 14.1. The molecule has 0 heterocycles. The second-order valence-corrected chi connectivity index (χ2v) is 22.9. The Labute approximate surface area is 456 Å². The van der Waals surface area contributed by atoms with E-state index in [4.69, 9.17) is 13.8 Å². The Balaban J connectivity index is 5.31. The summed E-state index contributed by atoms with van der Waals surface area (Å²) in [5, 5.41) is 3.05. The quantitative estimate of drug-likeness (QED) is 0.0205. The summed E-state index contributed by atoms with van der Waals surface area (Å²) >= 11 is 0. The van der Waals surface area contributed by atoms with Crippen LogP contribution in [0, 0.1) is 0 Å². The fourth-order valence-corrected chi connectivity index (χ4v) is 9.11. The van der Waals surface area contributed by atoms with Crippen molar-refractivity contribution >= 4 is 19.7 Å². The van der Waals surface area contributed by atoms with Gasteiger partial charge >= 0.3 is 13.8 Å². The lowest BCUT2D eigenvalue weighted by molar-refractivity contribution is -0.870. The number of unbranched alkanes of at least 4 members (excludes halogenated alkanes) is 26. The minimum absolute atomic E-state index is 0.0314. The molecule has 0 spiro atoms. The molecule has 0 aliphatic rings. The maximum atomic E-state index is 13.5. The zero-order valence-electron chi connectivity index (χ0n) is 48.8. The molecule has 74 heavy (non-hydrogen) atoms. The standard InChI is InChI=1S/C64H115N2O7P/c1-7-10-13-16-19-22-25-28-30-31-32-33-34-35-36-38-41-44-47-50-53-56-63(67)65-61(60-72-74(69,70)71-59-58-66(4,5)6)62(55-52-49-46-43-40-37-27-24-21-18-15-12-9-3)73-64(68)57-54-51-48-45-42-39-29-26-23-20-17-14-11-8-2/h11,14,19-20,22-23,28-30,32-33,39,52,55,61-62H,7-10,12-13,15-18,21,24-27,31,34-38,40-51,53-54,56-60H2,1-6H3,(H-,65,67,69,70)/p+1/b14-11+,22-19-,23-20+,30-28-,33-32-,39-29+,55-52-. The smallest absolute Gasteiger partial charge is 0.456 e. The van der Waals surface area contributed by atoms with Crippen LogP contribution in [0.3, 0.4) is 0 Å². The number of ether oxygens (including phenoxy) is 1. The summed E-state index contributed by atoms with van der Waals surface area (Å²) in [5.74, 6) is -0.541. The number of phosphoric acid groups is 1. The number of quaternary nitrogens is 1. The molecule has 2 N–H and O–H groups in total. The first kappa shape index (κ1) is 71.2. The minimum Gasteiger partial charge on any atom is -0.456 e. The van der Waals surface area contributed by atoms with Crippen LogP contribution in [-0.4, -0.2) is 74.3 Å². The second kappa shape index (κ2) is 53.6. The highest BCUT2D eigenvalue weighted by Gasteiger charge is 2.30. The molecule has 428 valence electrons. The van der Waals surface area contributed by atoms with Crippen LogP contribution in [0.1, 0.15) is 258 Å². The highest BCUT2D eigenvalue weighted by atomic mass is 31.2. The Hall–Kier alpha value is -2.81. The van der Waals surface area contributed by atoms with Crippen LogP contribution < -0.4 is 5.32 Å². The molecule has 0 fully saturated rings. The molecule has 0 aliphatic carbocycles. The summed E-state index contributed by atoms with van der Waals surface area (Å²) in [4.78, 5) is 37.7. The van der Waals surface area contributed by atoms with Crippen LogP contribution in [0.15, 0.2) is 85.1 Å². The molecule has 1 amide bonds. The van der Waals surface area contributed by atoms with Gasteiger partial charge in [0.1, 0.15) is 19.3 Å². The number of amides is 1. The number of carbonyl (C=O) groups is 2. The van der Waals surface area contributed by atoms with E-state index in [0.29, 0.717) is 23.9 Å². The Kier molecular flexibility index (Phi) is 51.5. The zero-order chi connectivity index (χ0) is 54.3. The Morgan fingerprint density at radius 2 is 0.865 bits per heavy atom. The number of rotatable bonds is 54. The Morgan fingerprint density at radius 3 is 1.32 bits per heavy atom. The van der Waals surface area contributed by atoms with E-state index in [9.17, 15) is 19.0 Å². The van der Waals surface area contributed by atoms with Gasteiger partial charge in [-0.3, -0.25) is 18.6 Å². The van der Waals surface area contributed by atoms with Gasteiger partial charge in [-0.2, -0.15) is 0 Å². The van der Waals surface area contributed by atoms with Crippen LogP contribution in [0.5, 0.6) is 0 Å². The summed E-state index contributed by atoms with van der Waals surface area (Å²) in [6.07, 6.45) is 70.0. The average Bonchev–Trinajstić information content (AvgIpc) is 3.36. The predicted octanol–water partition coefficient (Wildman–Crippen LogP) is 18.6. The Morgan fingerprint density at radius 1 is 0.486 bits per heavy atom. The molecule has 0 bridgehead atoms. The van der Waals surface area contributed by atoms with Crippen LogP contribution in [0.25, 0.3) is 0 Å². The van der Waals surface area contributed by atoms with Crippen molar-refractivity contribution < 1.29 is 37.3 Å². The number of hydrogen-bond acceptors (Lipinski definition) is 6. The Bertz CT molecular complexity index is 1540. The van der Waals surface area contributed by atoms with Crippen LogP contribution >= 0.6 is 7.82 Å². The fourth-order valence-electron chi connectivity index (χ4n) is 8.37. The first-order chi connectivity index (χ1) is 35.9. The van der Waals surface area contributed by atoms with Crippen molar-refractivity contribution in [2.45, 2.75) is 270 Å². The van der Waals surface area contributed by atoms with Gasteiger partial charge in [-0.05, 0) is 102 Å².